The summed E-state index contributed by atoms with van der Waals surface area (Å²) in [6.07, 6.45) is 0. The van der Waals surface area contributed by atoms with Gasteiger partial charge in [-0.3, -0.25) is 4.79 Å². The number of amides is 1. The summed E-state index contributed by atoms with van der Waals surface area (Å²) in [7, 11) is 0. The largest absolute Gasteiger partial charge is 0.325 e. The van der Waals surface area contributed by atoms with E-state index in [4.69, 9.17) is 4.98 Å². The van der Waals surface area contributed by atoms with Crippen molar-refractivity contribution in [2.45, 2.75) is 24.1 Å². The fourth-order valence-corrected chi connectivity index (χ4v) is 4.69. The standard InChI is InChI=1S/C28H22BrN3OS/c1-18-8-6-7-11-25(18)31-27(33)19(2)34-28-24(17-30)23(20-9-4-3-5-10-20)16-26(32-28)21-12-14-22(29)15-13-21/h3-16,19H,1-2H3,(H,31,33). The molecule has 1 aromatic heterocycles. The summed E-state index contributed by atoms with van der Waals surface area (Å²) in [4.78, 5) is 17.8. The number of anilines is 1. The Bertz CT molecular complexity index is 1370. The lowest BCUT2D eigenvalue weighted by molar-refractivity contribution is -0.115. The van der Waals surface area contributed by atoms with Crippen LogP contribution in [0.15, 0.2) is 94.4 Å². The van der Waals surface area contributed by atoms with Crippen molar-refractivity contribution in [3.05, 3.63) is 101 Å². The first-order chi connectivity index (χ1) is 16.5. The molecule has 4 nitrogen and oxygen atoms in total. The van der Waals surface area contributed by atoms with Crippen molar-refractivity contribution in [3.63, 3.8) is 0 Å². The lowest BCUT2D eigenvalue weighted by Crippen LogP contribution is -2.23. The molecule has 0 aliphatic heterocycles. The Morgan fingerprint density at radius 1 is 1.00 bits per heavy atom. The molecule has 4 aromatic rings. The maximum absolute atomic E-state index is 13.0. The second-order valence-electron chi connectivity index (χ2n) is 7.78. The SMILES string of the molecule is Cc1ccccc1NC(=O)C(C)Sc1nc(-c2ccc(Br)cc2)cc(-c2ccccc2)c1C#N. The minimum Gasteiger partial charge on any atom is -0.325 e. The zero-order valence-corrected chi connectivity index (χ0v) is 21.2. The van der Waals surface area contributed by atoms with Gasteiger partial charge in [-0.15, -0.1) is 0 Å². The van der Waals surface area contributed by atoms with E-state index in [1.54, 1.807) is 0 Å². The molecule has 0 fully saturated rings. The number of carbonyl (C=O) groups excluding carboxylic acids is 1. The van der Waals surface area contributed by atoms with Gasteiger partial charge in [0.05, 0.1) is 16.5 Å². The van der Waals surface area contributed by atoms with Crippen LogP contribution in [-0.2, 0) is 4.79 Å². The molecule has 1 heterocycles. The molecule has 0 saturated heterocycles. The predicted molar refractivity (Wildman–Crippen MR) is 143 cm³/mol. The third kappa shape index (κ3) is 5.39. The molecule has 0 saturated carbocycles. The van der Waals surface area contributed by atoms with Crippen molar-refractivity contribution in [1.29, 1.82) is 5.26 Å². The number of hydrogen-bond donors (Lipinski definition) is 1. The molecule has 1 atom stereocenters. The van der Waals surface area contributed by atoms with E-state index < -0.39 is 5.25 Å². The van der Waals surface area contributed by atoms with E-state index >= 15 is 0 Å². The fourth-order valence-electron chi connectivity index (χ4n) is 3.50. The average Bonchev–Trinajstić information content (AvgIpc) is 2.86. The minimum absolute atomic E-state index is 0.139. The molecule has 168 valence electrons. The van der Waals surface area contributed by atoms with Crippen LogP contribution in [-0.4, -0.2) is 16.1 Å². The maximum atomic E-state index is 13.0. The van der Waals surface area contributed by atoms with Crippen molar-refractivity contribution in [3.8, 4) is 28.5 Å². The molecule has 1 N–H and O–H groups in total. The van der Waals surface area contributed by atoms with Crippen molar-refractivity contribution >= 4 is 39.3 Å². The van der Waals surface area contributed by atoms with Gasteiger partial charge in [-0.1, -0.05) is 88.4 Å². The van der Waals surface area contributed by atoms with E-state index in [9.17, 15) is 10.1 Å². The van der Waals surface area contributed by atoms with Gasteiger partial charge in [-0.05, 0) is 49.2 Å². The number of hydrogen-bond acceptors (Lipinski definition) is 4. The van der Waals surface area contributed by atoms with Crippen LogP contribution in [0.1, 0.15) is 18.1 Å². The minimum atomic E-state index is -0.456. The van der Waals surface area contributed by atoms with E-state index in [-0.39, 0.29) is 5.91 Å². The molecular formula is C28H22BrN3OS. The number of halogens is 1. The zero-order chi connectivity index (χ0) is 24.1. The lowest BCUT2D eigenvalue weighted by atomic mass is 9.99. The van der Waals surface area contributed by atoms with Gasteiger partial charge in [0.2, 0.25) is 5.91 Å². The number of aromatic nitrogens is 1. The summed E-state index contributed by atoms with van der Waals surface area (Å²) in [6, 6.07) is 29.6. The molecule has 0 spiro atoms. The molecule has 1 amide bonds. The molecule has 0 aliphatic rings. The second-order valence-corrected chi connectivity index (χ2v) is 10.0. The molecule has 0 aliphatic carbocycles. The van der Waals surface area contributed by atoms with Gasteiger partial charge in [-0.2, -0.15) is 5.26 Å². The first kappa shape index (κ1) is 23.7. The van der Waals surface area contributed by atoms with Crippen LogP contribution in [0.2, 0.25) is 0 Å². The Morgan fingerprint density at radius 3 is 2.35 bits per heavy atom. The van der Waals surface area contributed by atoms with Crippen LogP contribution < -0.4 is 5.32 Å². The number of pyridine rings is 1. The highest BCUT2D eigenvalue weighted by atomic mass is 79.9. The van der Waals surface area contributed by atoms with Crippen molar-refractivity contribution < 1.29 is 4.79 Å². The van der Waals surface area contributed by atoms with Gasteiger partial charge >= 0.3 is 0 Å². The maximum Gasteiger partial charge on any atom is 0.237 e. The molecular weight excluding hydrogens is 506 g/mol. The Kier molecular flexibility index (Phi) is 7.46. The highest BCUT2D eigenvalue weighted by Crippen LogP contribution is 2.36. The monoisotopic (exact) mass is 527 g/mol. The van der Waals surface area contributed by atoms with Crippen LogP contribution in [0.5, 0.6) is 0 Å². The molecule has 0 radical (unpaired) electrons. The first-order valence-corrected chi connectivity index (χ1v) is 12.4. The van der Waals surface area contributed by atoms with Crippen LogP contribution in [0, 0.1) is 18.3 Å². The molecule has 0 bridgehead atoms. The Balaban J connectivity index is 1.73. The van der Waals surface area contributed by atoms with Crippen LogP contribution in [0.4, 0.5) is 5.69 Å². The number of benzene rings is 3. The van der Waals surface area contributed by atoms with Gasteiger partial charge in [-0.25, -0.2) is 4.98 Å². The van der Waals surface area contributed by atoms with Gasteiger partial charge in [0, 0.05) is 21.3 Å². The predicted octanol–water partition coefficient (Wildman–Crippen LogP) is 7.48. The van der Waals surface area contributed by atoms with Crippen molar-refractivity contribution in [2.75, 3.05) is 5.32 Å². The Labute approximate surface area is 212 Å². The second kappa shape index (κ2) is 10.7. The summed E-state index contributed by atoms with van der Waals surface area (Å²) in [5.74, 6) is -0.139. The topological polar surface area (TPSA) is 65.8 Å². The smallest absolute Gasteiger partial charge is 0.237 e. The van der Waals surface area contributed by atoms with Gasteiger partial charge < -0.3 is 5.32 Å². The lowest BCUT2D eigenvalue weighted by Gasteiger charge is -2.16. The highest BCUT2D eigenvalue weighted by molar-refractivity contribution is 9.10. The van der Waals surface area contributed by atoms with E-state index in [0.717, 1.165) is 38.1 Å². The van der Waals surface area contributed by atoms with Crippen molar-refractivity contribution in [2.24, 2.45) is 0 Å². The van der Waals surface area contributed by atoms with Crippen molar-refractivity contribution in [1.82, 2.24) is 4.98 Å². The zero-order valence-electron chi connectivity index (χ0n) is 18.7. The van der Waals surface area contributed by atoms with E-state index in [1.807, 2.05) is 98.8 Å². The summed E-state index contributed by atoms with van der Waals surface area (Å²) in [5.41, 5.74) is 5.65. The van der Waals surface area contributed by atoms with E-state index in [2.05, 4.69) is 27.3 Å². The third-order valence-electron chi connectivity index (χ3n) is 5.38. The Morgan fingerprint density at radius 2 is 1.68 bits per heavy atom. The van der Waals surface area contributed by atoms with Gasteiger partial charge in [0.25, 0.3) is 0 Å². The summed E-state index contributed by atoms with van der Waals surface area (Å²) in [5, 5.41) is 13.1. The number of rotatable bonds is 6. The molecule has 3 aromatic carbocycles. The average molecular weight is 528 g/mol. The normalized spacial score (nSPS) is 11.5. The molecule has 6 heteroatoms. The van der Waals surface area contributed by atoms with Crippen LogP contribution >= 0.6 is 27.7 Å². The third-order valence-corrected chi connectivity index (χ3v) is 7.00. The molecule has 4 rings (SSSR count). The number of nitrogens with zero attached hydrogens (tertiary/aromatic N) is 2. The van der Waals surface area contributed by atoms with Crippen LogP contribution in [0.3, 0.4) is 0 Å². The van der Waals surface area contributed by atoms with E-state index in [0.29, 0.717) is 10.6 Å². The van der Waals surface area contributed by atoms with Gasteiger partial charge in [0.1, 0.15) is 11.1 Å². The quantitative estimate of drug-likeness (QED) is 0.264. The summed E-state index contributed by atoms with van der Waals surface area (Å²) in [6.45, 7) is 3.78. The fraction of sp³-hybridized carbons (Fsp3) is 0.107. The van der Waals surface area contributed by atoms with Crippen LogP contribution in [0.25, 0.3) is 22.4 Å². The number of carbonyl (C=O) groups is 1. The Hall–Kier alpha value is -3.40. The highest BCUT2D eigenvalue weighted by Gasteiger charge is 2.21. The number of thioether (sulfide) groups is 1. The summed E-state index contributed by atoms with van der Waals surface area (Å²) >= 11 is 4.77. The number of nitrogens with one attached hydrogen (secondary N) is 1. The molecule has 1 unspecified atom stereocenters. The van der Waals surface area contributed by atoms with Gasteiger partial charge in [0.15, 0.2) is 0 Å². The van der Waals surface area contributed by atoms with E-state index in [1.165, 1.54) is 11.8 Å². The summed E-state index contributed by atoms with van der Waals surface area (Å²) < 4.78 is 0.976. The number of aryl methyl sites for hydroxylation is 1. The number of nitriles is 1. The molecule has 34 heavy (non-hydrogen) atoms. The number of para-hydroxylation sites is 1. The first-order valence-electron chi connectivity index (χ1n) is 10.8.